The SMILES string of the molecule is Cc1cc(C)c2c(-n3c(C)ccc3C)nn(CC(=O)NCc3ccc4c(c3)OCO4)c2n1. The fourth-order valence-electron chi connectivity index (χ4n) is 4.20. The number of benzene rings is 1. The van der Waals surface area contributed by atoms with E-state index in [2.05, 4.69) is 28.9 Å². The van der Waals surface area contributed by atoms with Gasteiger partial charge < -0.3 is 19.4 Å². The number of ether oxygens (including phenoxy) is 2. The molecule has 8 heteroatoms. The minimum Gasteiger partial charge on any atom is -0.454 e. The number of nitrogens with one attached hydrogen (secondary N) is 1. The molecule has 1 aromatic carbocycles. The third-order valence-electron chi connectivity index (χ3n) is 5.71. The summed E-state index contributed by atoms with van der Waals surface area (Å²) in [7, 11) is 0. The normalized spacial score (nSPS) is 12.5. The number of hydrogen-bond acceptors (Lipinski definition) is 5. The van der Waals surface area contributed by atoms with Crippen LogP contribution in [0.5, 0.6) is 11.5 Å². The summed E-state index contributed by atoms with van der Waals surface area (Å²) in [5, 5.41) is 8.75. The van der Waals surface area contributed by atoms with Gasteiger partial charge in [0.15, 0.2) is 23.0 Å². The molecule has 0 bridgehead atoms. The number of amides is 1. The first-order valence-electron chi connectivity index (χ1n) is 10.6. The van der Waals surface area contributed by atoms with E-state index in [-0.39, 0.29) is 19.2 Å². The second-order valence-corrected chi connectivity index (χ2v) is 8.18. The quantitative estimate of drug-likeness (QED) is 0.523. The van der Waals surface area contributed by atoms with E-state index in [0.717, 1.165) is 45.2 Å². The van der Waals surface area contributed by atoms with E-state index in [1.807, 2.05) is 45.0 Å². The third kappa shape index (κ3) is 3.47. The van der Waals surface area contributed by atoms with Crippen LogP contribution in [-0.2, 0) is 17.9 Å². The fraction of sp³-hybridized carbons (Fsp3) is 0.292. The number of carbonyl (C=O) groups is 1. The van der Waals surface area contributed by atoms with Crippen LogP contribution in [0.3, 0.4) is 0 Å². The lowest BCUT2D eigenvalue weighted by molar-refractivity contribution is -0.121. The van der Waals surface area contributed by atoms with Gasteiger partial charge in [-0.2, -0.15) is 5.10 Å². The lowest BCUT2D eigenvalue weighted by Gasteiger charge is -2.07. The van der Waals surface area contributed by atoms with Gasteiger partial charge in [0.25, 0.3) is 0 Å². The highest BCUT2D eigenvalue weighted by molar-refractivity contribution is 5.88. The summed E-state index contributed by atoms with van der Waals surface area (Å²) in [5.41, 5.74) is 5.80. The molecule has 0 unspecified atom stereocenters. The summed E-state index contributed by atoms with van der Waals surface area (Å²) in [4.78, 5) is 17.5. The van der Waals surface area contributed by atoms with Crippen LogP contribution < -0.4 is 14.8 Å². The van der Waals surface area contributed by atoms with Crippen LogP contribution in [0, 0.1) is 27.7 Å². The molecular weight excluding hydrogens is 406 g/mol. The molecule has 4 aromatic rings. The van der Waals surface area contributed by atoms with E-state index in [1.54, 1.807) is 4.68 Å². The fourth-order valence-corrected chi connectivity index (χ4v) is 4.20. The van der Waals surface area contributed by atoms with E-state index in [9.17, 15) is 4.79 Å². The van der Waals surface area contributed by atoms with Crippen molar-refractivity contribution >= 4 is 16.9 Å². The Balaban J connectivity index is 1.43. The monoisotopic (exact) mass is 431 g/mol. The van der Waals surface area contributed by atoms with Gasteiger partial charge in [-0.05, 0) is 69.2 Å². The van der Waals surface area contributed by atoms with Crippen molar-refractivity contribution in [1.29, 1.82) is 0 Å². The Morgan fingerprint density at radius 2 is 1.78 bits per heavy atom. The van der Waals surface area contributed by atoms with Gasteiger partial charge in [-0.1, -0.05) is 6.07 Å². The van der Waals surface area contributed by atoms with Gasteiger partial charge in [-0.15, -0.1) is 0 Å². The van der Waals surface area contributed by atoms with Gasteiger partial charge >= 0.3 is 0 Å². The molecule has 32 heavy (non-hydrogen) atoms. The molecule has 0 spiro atoms. The second kappa shape index (κ2) is 7.71. The summed E-state index contributed by atoms with van der Waals surface area (Å²) in [6.07, 6.45) is 0. The number of pyridine rings is 1. The maximum absolute atomic E-state index is 12.8. The highest BCUT2D eigenvalue weighted by Gasteiger charge is 2.20. The number of aromatic nitrogens is 4. The second-order valence-electron chi connectivity index (χ2n) is 8.18. The first-order valence-corrected chi connectivity index (χ1v) is 10.6. The molecule has 164 valence electrons. The Morgan fingerprint density at radius 3 is 2.56 bits per heavy atom. The van der Waals surface area contributed by atoms with Gasteiger partial charge in [0.1, 0.15) is 6.54 Å². The lowest BCUT2D eigenvalue weighted by atomic mass is 10.1. The topological polar surface area (TPSA) is 83.2 Å². The maximum atomic E-state index is 12.8. The van der Waals surface area contributed by atoms with Crippen molar-refractivity contribution in [1.82, 2.24) is 24.6 Å². The molecule has 5 rings (SSSR count). The van der Waals surface area contributed by atoms with E-state index in [0.29, 0.717) is 17.9 Å². The van der Waals surface area contributed by atoms with Crippen molar-refractivity contribution in [3.8, 4) is 17.3 Å². The predicted molar refractivity (Wildman–Crippen MR) is 120 cm³/mol. The highest BCUT2D eigenvalue weighted by atomic mass is 16.7. The average molecular weight is 431 g/mol. The van der Waals surface area contributed by atoms with Crippen molar-refractivity contribution in [3.63, 3.8) is 0 Å². The number of nitrogens with zero attached hydrogens (tertiary/aromatic N) is 4. The molecule has 0 fully saturated rings. The summed E-state index contributed by atoms with van der Waals surface area (Å²) >= 11 is 0. The minimum atomic E-state index is -0.138. The molecule has 0 saturated heterocycles. The average Bonchev–Trinajstić information content (AvgIpc) is 3.44. The summed E-state index contributed by atoms with van der Waals surface area (Å²) in [6.45, 7) is 8.81. The third-order valence-corrected chi connectivity index (χ3v) is 5.71. The zero-order valence-electron chi connectivity index (χ0n) is 18.6. The molecule has 0 aliphatic carbocycles. The zero-order chi connectivity index (χ0) is 22.4. The van der Waals surface area contributed by atoms with E-state index >= 15 is 0 Å². The summed E-state index contributed by atoms with van der Waals surface area (Å²) in [5.74, 6) is 2.09. The minimum absolute atomic E-state index is 0.0797. The molecule has 0 radical (unpaired) electrons. The number of aryl methyl sites for hydroxylation is 4. The van der Waals surface area contributed by atoms with Crippen molar-refractivity contribution in [2.24, 2.45) is 0 Å². The molecular formula is C24H25N5O3. The van der Waals surface area contributed by atoms with Gasteiger partial charge in [0.2, 0.25) is 12.7 Å². The van der Waals surface area contributed by atoms with Gasteiger partial charge in [0.05, 0.1) is 5.39 Å². The van der Waals surface area contributed by atoms with Crippen LogP contribution >= 0.6 is 0 Å². The van der Waals surface area contributed by atoms with Crippen LogP contribution in [0.15, 0.2) is 36.4 Å². The summed E-state index contributed by atoms with van der Waals surface area (Å²) in [6, 6.07) is 11.8. The lowest BCUT2D eigenvalue weighted by Crippen LogP contribution is -2.27. The molecule has 1 N–H and O–H groups in total. The Kier molecular flexibility index (Phi) is 4.84. The van der Waals surface area contributed by atoms with E-state index in [4.69, 9.17) is 19.6 Å². The summed E-state index contributed by atoms with van der Waals surface area (Å²) < 4.78 is 14.5. The van der Waals surface area contributed by atoms with Crippen LogP contribution in [0.1, 0.15) is 28.2 Å². The van der Waals surface area contributed by atoms with E-state index < -0.39 is 0 Å². The van der Waals surface area contributed by atoms with Crippen molar-refractivity contribution in [3.05, 3.63) is 64.6 Å². The van der Waals surface area contributed by atoms with Crippen molar-refractivity contribution in [2.75, 3.05) is 6.79 Å². The molecule has 1 aliphatic heterocycles. The molecule has 1 aliphatic rings. The number of carbonyl (C=O) groups excluding carboxylic acids is 1. The smallest absolute Gasteiger partial charge is 0.242 e. The first kappa shape index (κ1) is 20.1. The maximum Gasteiger partial charge on any atom is 0.242 e. The van der Waals surface area contributed by atoms with Gasteiger partial charge in [-0.3, -0.25) is 4.79 Å². The van der Waals surface area contributed by atoms with Crippen LogP contribution in [-0.4, -0.2) is 32.0 Å². The van der Waals surface area contributed by atoms with Gasteiger partial charge in [-0.25, -0.2) is 9.67 Å². The molecule has 8 nitrogen and oxygen atoms in total. The van der Waals surface area contributed by atoms with Crippen LogP contribution in [0.25, 0.3) is 16.9 Å². The van der Waals surface area contributed by atoms with E-state index in [1.165, 1.54) is 0 Å². The Bertz CT molecular complexity index is 1330. The number of hydrogen-bond donors (Lipinski definition) is 1. The van der Waals surface area contributed by atoms with Crippen molar-refractivity contribution in [2.45, 2.75) is 40.8 Å². The Labute approximate surface area is 185 Å². The number of rotatable bonds is 5. The Morgan fingerprint density at radius 1 is 1.03 bits per heavy atom. The van der Waals surface area contributed by atoms with Crippen LogP contribution in [0.2, 0.25) is 0 Å². The predicted octanol–water partition coefficient (Wildman–Crippen LogP) is 3.50. The van der Waals surface area contributed by atoms with Crippen LogP contribution in [0.4, 0.5) is 0 Å². The van der Waals surface area contributed by atoms with Crippen molar-refractivity contribution < 1.29 is 14.3 Å². The molecule has 1 amide bonds. The molecule has 3 aromatic heterocycles. The first-order chi connectivity index (χ1) is 15.4. The largest absolute Gasteiger partial charge is 0.454 e. The number of fused-ring (bicyclic) bond motifs is 2. The Hall–Kier alpha value is -3.81. The molecule has 0 atom stereocenters. The molecule has 0 saturated carbocycles. The zero-order valence-corrected chi connectivity index (χ0v) is 18.6. The highest BCUT2D eigenvalue weighted by Crippen LogP contribution is 2.32. The van der Waals surface area contributed by atoms with Gasteiger partial charge in [0, 0.05) is 23.6 Å². The molecule has 4 heterocycles. The standard InChI is InChI=1S/C24H25N5O3/c1-14-9-15(2)26-23-22(14)24(29-16(3)5-6-17(29)4)27-28(23)12-21(30)25-11-18-7-8-19-20(10-18)32-13-31-19/h5-10H,11-13H2,1-4H3,(H,25,30).